The maximum atomic E-state index is 12.7. The van der Waals surface area contributed by atoms with E-state index in [0.29, 0.717) is 35.1 Å². The molecule has 9 nitrogen and oxygen atoms in total. The van der Waals surface area contributed by atoms with Crippen molar-refractivity contribution in [3.05, 3.63) is 88.2 Å². The van der Waals surface area contributed by atoms with Gasteiger partial charge in [-0.25, -0.2) is 19.4 Å². The molecule has 0 aliphatic rings. The van der Waals surface area contributed by atoms with E-state index < -0.39 is 5.60 Å². The highest BCUT2D eigenvalue weighted by molar-refractivity contribution is 5.73. The van der Waals surface area contributed by atoms with Gasteiger partial charge >= 0.3 is 5.69 Å². The lowest BCUT2D eigenvalue weighted by Crippen LogP contribution is -2.17. The molecule has 9 heteroatoms. The highest BCUT2D eigenvalue weighted by Gasteiger charge is 2.20. The van der Waals surface area contributed by atoms with Crippen LogP contribution in [0.25, 0.3) is 28.2 Å². The van der Waals surface area contributed by atoms with Crippen LogP contribution >= 0.6 is 0 Å². The number of hydrogen-bond acceptors (Lipinski definition) is 6. The van der Waals surface area contributed by atoms with Crippen molar-refractivity contribution >= 4 is 11.2 Å². The van der Waals surface area contributed by atoms with E-state index in [4.69, 9.17) is 4.98 Å². The summed E-state index contributed by atoms with van der Waals surface area (Å²) in [5.41, 5.74) is 4.21. The van der Waals surface area contributed by atoms with Gasteiger partial charge in [0.05, 0.1) is 24.6 Å². The fraction of sp³-hybridized carbons (Fsp3) is 0.269. The van der Waals surface area contributed by atoms with Gasteiger partial charge in [-0.1, -0.05) is 55.5 Å². The van der Waals surface area contributed by atoms with Crippen molar-refractivity contribution in [2.75, 3.05) is 0 Å². The molecule has 178 valence electrons. The first-order chi connectivity index (χ1) is 16.7. The van der Waals surface area contributed by atoms with Crippen LogP contribution in [-0.2, 0) is 12.1 Å². The molecule has 0 amide bonds. The van der Waals surface area contributed by atoms with Crippen LogP contribution in [0.1, 0.15) is 50.4 Å². The smallest absolute Gasteiger partial charge is 0.328 e. The third-order valence-corrected chi connectivity index (χ3v) is 6.00. The average Bonchev–Trinajstić information content (AvgIpc) is 3.45. The van der Waals surface area contributed by atoms with Crippen LogP contribution in [-0.4, -0.2) is 39.6 Å². The summed E-state index contributed by atoms with van der Waals surface area (Å²) in [7, 11) is 0. The van der Waals surface area contributed by atoms with Crippen molar-refractivity contribution in [1.29, 1.82) is 0 Å². The Labute approximate surface area is 202 Å². The first-order valence-electron chi connectivity index (χ1n) is 11.5. The Morgan fingerprint density at radius 3 is 2.51 bits per heavy atom. The number of hydrogen-bond donors (Lipinski definition) is 2. The number of fused-ring (bicyclic) bond motifs is 1. The Balaban J connectivity index is 1.47. The number of aliphatic hydroxyl groups is 1. The molecule has 0 bridgehead atoms. The normalized spacial score (nSPS) is 12.1. The lowest BCUT2D eigenvalue weighted by atomic mass is 9.97. The molecule has 2 aromatic carbocycles. The van der Waals surface area contributed by atoms with Crippen LogP contribution in [0.15, 0.2) is 65.7 Å². The number of imidazole rings is 1. The number of benzene rings is 2. The van der Waals surface area contributed by atoms with E-state index in [1.807, 2.05) is 42.5 Å². The van der Waals surface area contributed by atoms with E-state index in [1.54, 1.807) is 35.5 Å². The van der Waals surface area contributed by atoms with Gasteiger partial charge in [-0.05, 0) is 43.0 Å². The van der Waals surface area contributed by atoms with Crippen molar-refractivity contribution in [2.24, 2.45) is 0 Å². The third-order valence-electron chi connectivity index (χ3n) is 6.00. The second kappa shape index (κ2) is 8.59. The molecule has 0 spiro atoms. The Kier molecular flexibility index (Phi) is 5.56. The van der Waals surface area contributed by atoms with Crippen molar-refractivity contribution in [3.8, 4) is 17.1 Å². The largest absolute Gasteiger partial charge is 0.384 e. The summed E-state index contributed by atoms with van der Waals surface area (Å²) in [6.07, 6.45) is 3.37. The van der Waals surface area contributed by atoms with E-state index in [-0.39, 0.29) is 5.69 Å². The molecule has 0 fully saturated rings. The van der Waals surface area contributed by atoms with Gasteiger partial charge in [-0.3, -0.25) is 4.57 Å². The van der Waals surface area contributed by atoms with Crippen LogP contribution in [0.2, 0.25) is 0 Å². The van der Waals surface area contributed by atoms with Gasteiger partial charge in [-0.15, -0.1) is 5.10 Å². The van der Waals surface area contributed by atoms with Crippen LogP contribution in [0.4, 0.5) is 0 Å². The van der Waals surface area contributed by atoms with Gasteiger partial charge in [0.2, 0.25) is 0 Å². The molecule has 3 heterocycles. The molecule has 0 aliphatic carbocycles. The molecule has 3 aromatic heterocycles. The molecule has 0 unspecified atom stereocenters. The summed E-state index contributed by atoms with van der Waals surface area (Å²) < 4.78 is 3.23. The van der Waals surface area contributed by atoms with Gasteiger partial charge < -0.3 is 10.1 Å². The van der Waals surface area contributed by atoms with Crippen LogP contribution in [0, 0.1) is 0 Å². The molecule has 0 saturated heterocycles. The summed E-state index contributed by atoms with van der Waals surface area (Å²) in [6, 6.07) is 15.7. The predicted molar refractivity (Wildman–Crippen MR) is 133 cm³/mol. The second-order valence-electron chi connectivity index (χ2n) is 9.46. The number of H-pyrrole nitrogens is 1. The van der Waals surface area contributed by atoms with Crippen LogP contribution in [0.3, 0.4) is 0 Å². The van der Waals surface area contributed by atoms with Gasteiger partial charge in [-0.2, -0.15) is 0 Å². The second-order valence-corrected chi connectivity index (χ2v) is 9.46. The Bertz CT molecular complexity index is 1550. The lowest BCUT2D eigenvalue weighted by molar-refractivity contribution is 0.0737. The minimum absolute atomic E-state index is 0.237. The number of nitrogens with one attached hydrogen (secondary N) is 1. The average molecular weight is 470 g/mol. The zero-order valence-electron chi connectivity index (χ0n) is 20.1. The Morgan fingerprint density at radius 1 is 1.09 bits per heavy atom. The monoisotopic (exact) mass is 469 g/mol. The zero-order valence-corrected chi connectivity index (χ0v) is 20.1. The minimum Gasteiger partial charge on any atom is -0.384 e. The van der Waals surface area contributed by atoms with E-state index in [2.05, 4.69) is 40.2 Å². The van der Waals surface area contributed by atoms with E-state index >= 15 is 0 Å². The molecule has 0 radical (unpaired) electrons. The number of aromatic nitrogens is 7. The SMILES string of the molecule is CC(C)c1ccccc1-c1ncc2[nH]c(=O)n(Cc3ccc(-n4cc(C(C)(C)O)nn4)cc3)c2n1. The molecule has 0 atom stereocenters. The molecule has 0 aliphatic heterocycles. The van der Waals surface area contributed by atoms with Gasteiger partial charge in [0, 0.05) is 5.56 Å². The number of rotatable bonds is 6. The minimum atomic E-state index is -1.06. The molecule has 5 rings (SSSR count). The molecule has 2 N–H and O–H groups in total. The van der Waals surface area contributed by atoms with Crippen LogP contribution < -0.4 is 5.69 Å². The Morgan fingerprint density at radius 2 is 1.83 bits per heavy atom. The number of nitrogens with zero attached hydrogens (tertiary/aromatic N) is 6. The molecule has 5 aromatic rings. The first-order valence-corrected chi connectivity index (χ1v) is 11.5. The molecule has 35 heavy (non-hydrogen) atoms. The van der Waals surface area contributed by atoms with Crippen molar-refractivity contribution in [1.82, 2.24) is 34.5 Å². The van der Waals surface area contributed by atoms with Gasteiger partial charge in [0.15, 0.2) is 11.5 Å². The van der Waals surface area contributed by atoms with Crippen molar-refractivity contribution in [2.45, 2.75) is 45.8 Å². The summed E-state index contributed by atoms with van der Waals surface area (Å²) >= 11 is 0. The topological polar surface area (TPSA) is 115 Å². The van der Waals surface area contributed by atoms with Gasteiger partial charge in [0.1, 0.15) is 16.8 Å². The maximum Gasteiger partial charge on any atom is 0.328 e. The van der Waals surface area contributed by atoms with Gasteiger partial charge in [0.25, 0.3) is 0 Å². The molecular formula is C26H27N7O2. The fourth-order valence-corrected chi connectivity index (χ4v) is 4.03. The van der Waals surface area contributed by atoms with E-state index in [1.165, 1.54) is 0 Å². The number of aromatic amines is 1. The maximum absolute atomic E-state index is 12.7. The summed E-state index contributed by atoms with van der Waals surface area (Å²) in [5, 5.41) is 18.3. The third kappa shape index (κ3) is 4.38. The lowest BCUT2D eigenvalue weighted by Gasteiger charge is -2.12. The molecule has 0 saturated carbocycles. The fourth-order valence-electron chi connectivity index (χ4n) is 4.03. The quantitative estimate of drug-likeness (QED) is 0.391. The highest BCUT2D eigenvalue weighted by Crippen LogP contribution is 2.27. The summed E-state index contributed by atoms with van der Waals surface area (Å²) in [5.74, 6) is 0.917. The van der Waals surface area contributed by atoms with E-state index in [0.717, 1.165) is 22.4 Å². The van der Waals surface area contributed by atoms with Crippen molar-refractivity contribution in [3.63, 3.8) is 0 Å². The van der Waals surface area contributed by atoms with E-state index in [9.17, 15) is 9.90 Å². The zero-order chi connectivity index (χ0) is 24.7. The summed E-state index contributed by atoms with van der Waals surface area (Å²) in [6.45, 7) is 7.96. The standard InChI is InChI=1S/C26H27N7O2/c1-16(2)19-7-5-6-8-20(19)23-27-13-21-24(29-23)32(25(34)28-21)14-17-9-11-18(12-10-17)33-15-22(30-31-33)26(3,4)35/h5-13,15-16,35H,14H2,1-4H3,(H,28,34). The van der Waals surface area contributed by atoms with Crippen molar-refractivity contribution < 1.29 is 5.11 Å². The summed E-state index contributed by atoms with van der Waals surface area (Å²) in [4.78, 5) is 24.9. The molecular weight excluding hydrogens is 442 g/mol. The van der Waals surface area contributed by atoms with Crippen LogP contribution in [0.5, 0.6) is 0 Å². The predicted octanol–water partition coefficient (Wildman–Crippen LogP) is 3.77. The Hall–Kier alpha value is -4.11. The first kappa shape index (κ1) is 22.7. The highest BCUT2D eigenvalue weighted by atomic mass is 16.3.